The standard InChI is InChI=1S/C20H26N8O/c21-18(29)13-3-4-14(11-13)23-20-22-12-17-19(24-20)28(26-25-17)16-7-5-15(6-8-16)27-9-1-2-10-27/h5-8,12-14,18,29H,1-4,9-11,21H2,(H,22,23,24)/t13-,14+,18?/m0/s1. The highest BCUT2D eigenvalue weighted by Crippen LogP contribution is 2.29. The first-order valence-corrected chi connectivity index (χ1v) is 10.3. The maximum Gasteiger partial charge on any atom is 0.225 e. The molecule has 5 rings (SSSR count). The fraction of sp³-hybridized carbons (Fsp3) is 0.500. The third kappa shape index (κ3) is 3.63. The zero-order chi connectivity index (χ0) is 19.8. The number of aliphatic hydroxyl groups excluding tert-OH is 1. The Hall–Kier alpha value is -2.78. The molecule has 3 atom stereocenters. The smallest absolute Gasteiger partial charge is 0.225 e. The van der Waals surface area contributed by atoms with Crippen molar-refractivity contribution < 1.29 is 5.11 Å². The summed E-state index contributed by atoms with van der Waals surface area (Å²) in [6.07, 6.45) is 6.10. The molecule has 0 radical (unpaired) electrons. The van der Waals surface area contributed by atoms with Gasteiger partial charge in [-0.1, -0.05) is 5.21 Å². The molecule has 0 spiro atoms. The Bertz CT molecular complexity index is 980. The van der Waals surface area contributed by atoms with Gasteiger partial charge in [0.2, 0.25) is 5.95 Å². The van der Waals surface area contributed by atoms with E-state index in [-0.39, 0.29) is 12.0 Å². The van der Waals surface area contributed by atoms with E-state index in [9.17, 15) is 5.11 Å². The van der Waals surface area contributed by atoms with E-state index in [0.717, 1.165) is 38.0 Å². The molecule has 1 aliphatic carbocycles. The Kier molecular flexibility index (Phi) is 4.76. The third-order valence-corrected chi connectivity index (χ3v) is 6.05. The molecule has 0 bridgehead atoms. The molecule has 3 heterocycles. The zero-order valence-electron chi connectivity index (χ0n) is 16.3. The normalized spacial score (nSPS) is 23.0. The van der Waals surface area contributed by atoms with Crippen LogP contribution in [-0.4, -0.2) is 55.4 Å². The number of benzene rings is 1. The lowest BCUT2D eigenvalue weighted by molar-refractivity contribution is 0.117. The van der Waals surface area contributed by atoms with Crippen molar-refractivity contribution in [1.29, 1.82) is 0 Å². The lowest BCUT2D eigenvalue weighted by atomic mass is 10.1. The van der Waals surface area contributed by atoms with Gasteiger partial charge in [0.25, 0.3) is 0 Å². The number of nitrogens with two attached hydrogens (primary N) is 1. The monoisotopic (exact) mass is 394 g/mol. The van der Waals surface area contributed by atoms with Gasteiger partial charge in [-0.3, -0.25) is 0 Å². The van der Waals surface area contributed by atoms with Crippen LogP contribution in [0.25, 0.3) is 16.9 Å². The van der Waals surface area contributed by atoms with Crippen LogP contribution in [0.2, 0.25) is 0 Å². The van der Waals surface area contributed by atoms with Gasteiger partial charge in [0, 0.05) is 30.7 Å². The van der Waals surface area contributed by atoms with Crippen LogP contribution >= 0.6 is 0 Å². The molecule has 0 amide bonds. The summed E-state index contributed by atoms with van der Waals surface area (Å²) in [6.45, 7) is 2.24. The highest BCUT2D eigenvalue weighted by molar-refractivity contribution is 5.72. The topological polar surface area (TPSA) is 118 Å². The summed E-state index contributed by atoms with van der Waals surface area (Å²) < 4.78 is 1.75. The minimum Gasteiger partial charge on any atom is -0.379 e. The number of rotatable bonds is 5. The molecular weight excluding hydrogens is 368 g/mol. The van der Waals surface area contributed by atoms with Crippen LogP contribution in [0.4, 0.5) is 11.6 Å². The molecule has 1 saturated heterocycles. The molecule has 2 aliphatic rings. The van der Waals surface area contributed by atoms with Gasteiger partial charge in [-0.05, 0) is 56.4 Å². The number of nitrogens with zero attached hydrogens (tertiary/aromatic N) is 6. The van der Waals surface area contributed by atoms with Crippen LogP contribution in [0.15, 0.2) is 30.5 Å². The molecule has 9 nitrogen and oxygen atoms in total. The van der Waals surface area contributed by atoms with Gasteiger partial charge in [0.05, 0.1) is 11.9 Å². The highest BCUT2D eigenvalue weighted by Gasteiger charge is 2.28. The first-order chi connectivity index (χ1) is 14.2. The largest absolute Gasteiger partial charge is 0.379 e. The van der Waals surface area contributed by atoms with E-state index in [1.165, 1.54) is 18.5 Å². The molecule has 1 unspecified atom stereocenters. The van der Waals surface area contributed by atoms with E-state index in [1.807, 2.05) is 0 Å². The Labute approximate surface area is 168 Å². The van der Waals surface area contributed by atoms with Crippen LogP contribution in [0.5, 0.6) is 0 Å². The second-order valence-corrected chi connectivity index (χ2v) is 8.02. The number of hydrogen-bond donors (Lipinski definition) is 3. The number of nitrogens with one attached hydrogen (secondary N) is 1. The quantitative estimate of drug-likeness (QED) is 0.559. The Morgan fingerprint density at radius 3 is 2.59 bits per heavy atom. The number of aliphatic hydroxyl groups is 1. The maximum absolute atomic E-state index is 9.60. The van der Waals surface area contributed by atoms with Gasteiger partial charge in [-0.2, -0.15) is 9.67 Å². The molecule has 2 fully saturated rings. The summed E-state index contributed by atoms with van der Waals surface area (Å²) in [7, 11) is 0. The Balaban J connectivity index is 1.37. The summed E-state index contributed by atoms with van der Waals surface area (Å²) in [5.41, 5.74) is 9.11. The van der Waals surface area contributed by atoms with Gasteiger partial charge < -0.3 is 21.1 Å². The van der Waals surface area contributed by atoms with Gasteiger partial charge in [0.1, 0.15) is 6.23 Å². The van der Waals surface area contributed by atoms with Gasteiger partial charge in [-0.25, -0.2) is 4.98 Å². The van der Waals surface area contributed by atoms with Gasteiger partial charge in [-0.15, -0.1) is 5.10 Å². The van der Waals surface area contributed by atoms with Crippen molar-refractivity contribution in [2.75, 3.05) is 23.3 Å². The van der Waals surface area contributed by atoms with Crippen LogP contribution in [0, 0.1) is 5.92 Å². The number of fused-ring (bicyclic) bond motifs is 1. The lowest BCUT2D eigenvalue weighted by Crippen LogP contribution is -2.29. The van der Waals surface area contributed by atoms with Crippen molar-refractivity contribution in [3.8, 4) is 5.69 Å². The molecule has 4 N–H and O–H groups in total. The predicted molar refractivity (Wildman–Crippen MR) is 111 cm³/mol. The van der Waals surface area contributed by atoms with E-state index in [1.54, 1.807) is 10.9 Å². The maximum atomic E-state index is 9.60. The molecule has 152 valence electrons. The average Bonchev–Trinajstić information content (AvgIpc) is 3.49. The van der Waals surface area contributed by atoms with Crippen LogP contribution < -0.4 is 16.0 Å². The van der Waals surface area contributed by atoms with Crippen molar-refractivity contribution >= 4 is 22.8 Å². The van der Waals surface area contributed by atoms with Crippen LogP contribution in [0.3, 0.4) is 0 Å². The Morgan fingerprint density at radius 2 is 1.86 bits per heavy atom. The van der Waals surface area contributed by atoms with E-state index in [4.69, 9.17) is 5.73 Å². The summed E-state index contributed by atoms with van der Waals surface area (Å²) in [4.78, 5) is 11.4. The molecule has 1 saturated carbocycles. The van der Waals surface area contributed by atoms with Crippen molar-refractivity contribution in [2.24, 2.45) is 11.7 Å². The van der Waals surface area contributed by atoms with Crippen molar-refractivity contribution in [2.45, 2.75) is 44.4 Å². The van der Waals surface area contributed by atoms with Gasteiger partial charge >= 0.3 is 0 Å². The molecule has 3 aromatic rings. The second kappa shape index (κ2) is 7.57. The van der Waals surface area contributed by atoms with Gasteiger partial charge in [0.15, 0.2) is 11.2 Å². The van der Waals surface area contributed by atoms with Crippen molar-refractivity contribution in [3.63, 3.8) is 0 Å². The predicted octanol–water partition coefficient (Wildman–Crippen LogP) is 1.67. The second-order valence-electron chi connectivity index (χ2n) is 8.02. The third-order valence-electron chi connectivity index (χ3n) is 6.05. The Morgan fingerprint density at radius 1 is 1.10 bits per heavy atom. The molecule has 29 heavy (non-hydrogen) atoms. The first kappa shape index (κ1) is 18.3. The SMILES string of the molecule is NC(O)[C@H]1CC[C@@H](Nc2ncc3nnn(-c4ccc(N5CCCC5)cc4)c3n2)C1. The fourth-order valence-electron chi connectivity index (χ4n) is 4.39. The fourth-order valence-corrected chi connectivity index (χ4v) is 4.39. The summed E-state index contributed by atoms with van der Waals surface area (Å²) in [5, 5.41) is 21.4. The summed E-state index contributed by atoms with van der Waals surface area (Å²) >= 11 is 0. The molecule has 1 aromatic carbocycles. The summed E-state index contributed by atoms with van der Waals surface area (Å²) in [6, 6.07) is 8.58. The van der Waals surface area contributed by atoms with Crippen molar-refractivity contribution in [3.05, 3.63) is 30.5 Å². The first-order valence-electron chi connectivity index (χ1n) is 10.3. The van der Waals surface area contributed by atoms with E-state index in [2.05, 4.69) is 54.8 Å². The highest BCUT2D eigenvalue weighted by atomic mass is 16.3. The molecule has 1 aliphatic heterocycles. The molecule has 9 heteroatoms. The average molecular weight is 394 g/mol. The van der Waals surface area contributed by atoms with E-state index < -0.39 is 6.23 Å². The van der Waals surface area contributed by atoms with E-state index >= 15 is 0 Å². The zero-order valence-corrected chi connectivity index (χ0v) is 16.3. The van der Waals surface area contributed by atoms with Crippen molar-refractivity contribution in [1.82, 2.24) is 25.0 Å². The number of hydrogen-bond acceptors (Lipinski definition) is 8. The molecule has 2 aromatic heterocycles. The van der Waals surface area contributed by atoms with E-state index in [0.29, 0.717) is 17.1 Å². The summed E-state index contributed by atoms with van der Waals surface area (Å²) in [5.74, 6) is 0.671. The minimum atomic E-state index is -0.764. The molecular formula is C20H26N8O. The van der Waals surface area contributed by atoms with Crippen LogP contribution in [0.1, 0.15) is 32.1 Å². The number of anilines is 2. The minimum absolute atomic E-state index is 0.123. The van der Waals surface area contributed by atoms with Crippen LogP contribution in [-0.2, 0) is 0 Å². The lowest BCUT2D eigenvalue weighted by Gasteiger charge is -2.17. The number of aromatic nitrogens is 5.